The van der Waals surface area contributed by atoms with Crippen molar-refractivity contribution in [2.45, 2.75) is 40.0 Å². The first-order valence-electron chi connectivity index (χ1n) is 8.45. The SMILES string of the molecule is CCCCc1c(C)nn(-c2nnc3c(n2)[nH]c2ccc(Br)cc23)c1C. The third-order valence-electron chi connectivity index (χ3n) is 4.58. The van der Waals surface area contributed by atoms with Gasteiger partial charge in [0.2, 0.25) is 0 Å². The summed E-state index contributed by atoms with van der Waals surface area (Å²) >= 11 is 3.50. The second kappa shape index (κ2) is 6.22. The number of H-pyrrole nitrogens is 1. The zero-order valence-corrected chi connectivity index (χ0v) is 16.1. The van der Waals surface area contributed by atoms with Crippen molar-refractivity contribution in [3.8, 4) is 5.95 Å². The molecule has 4 aromatic rings. The third-order valence-corrected chi connectivity index (χ3v) is 5.07. The van der Waals surface area contributed by atoms with E-state index in [0.29, 0.717) is 5.95 Å². The fourth-order valence-electron chi connectivity index (χ4n) is 3.21. The van der Waals surface area contributed by atoms with Crippen LogP contribution in [0.2, 0.25) is 0 Å². The predicted molar refractivity (Wildman–Crippen MR) is 102 cm³/mol. The molecule has 0 saturated heterocycles. The lowest BCUT2D eigenvalue weighted by Gasteiger charge is -2.03. The van der Waals surface area contributed by atoms with Gasteiger partial charge >= 0.3 is 0 Å². The molecule has 0 bridgehead atoms. The summed E-state index contributed by atoms with van der Waals surface area (Å²) in [6.07, 6.45) is 3.35. The molecule has 0 fully saturated rings. The van der Waals surface area contributed by atoms with Crippen LogP contribution in [0, 0.1) is 13.8 Å². The van der Waals surface area contributed by atoms with Crippen LogP contribution in [0.1, 0.15) is 36.7 Å². The second-order valence-electron chi connectivity index (χ2n) is 6.29. The minimum atomic E-state index is 0.501. The summed E-state index contributed by atoms with van der Waals surface area (Å²) in [5.74, 6) is 0.501. The van der Waals surface area contributed by atoms with Gasteiger partial charge in [0.05, 0.1) is 5.69 Å². The minimum absolute atomic E-state index is 0.501. The maximum absolute atomic E-state index is 4.66. The Kier molecular flexibility index (Phi) is 4.03. The summed E-state index contributed by atoms with van der Waals surface area (Å²) in [5, 5.41) is 14.4. The smallest absolute Gasteiger partial charge is 0.272 e. The fourth-order valence-corrected chi connectivity index (χ4v) is 3.57. The highest BCUT2D eigenvalue weighted by Crippen LogP contribution is 2.26. The van der Waals surface area contributed by atoms with Gasteiger partial charge in [0, 0.05) is 21.1 Å². The van der Waals surface area contributed by atoms with Crippen molar-refractivity contribution in [1.82, 2.24) is 29.9 Å². The number of nitrogens with one attached hydrogen (secondary N) is 1. The number of rotatable bonds is 4. The number of aryl methyl sites for hydroxylation is 1. The molecule has 0 aliphatic heterocycles. The maximum atomic E-state index is 4.66. The van der Waals surface area contributed by atoms with Crippen molar-refractivity contribution in [3.05, 3.63) is 39.6 Å². The van der Waals surface area contributed by atoms with Gasteiger partial charge in [0.15, 0.2) is 5.65 Å². The monoisotopic (exact) mass is 398 g/mol. The number of hydrogen-bond acceptors (Lipinski definition) is 4. The van der Waals surface area contributed by atoms with E-state index in [9.17, 15) is 0 Å². The first kappa shape index (κ1) is 16.2. The number of benzene rings is 1. The minimum Gasteiger partial charge on any atom is -0.338 e. The van der Waals surface area contributed by atoms with E-state index in [0.717, 1.165) is 50.8 Å². The molecular formula is C18H19BrN6. The van der Waals surface area contributed by atoms with E-state index in [1.165, 1.54) is 12.0 Å². The molecule has 128 valence electrons. The molecule has 0 unspecified atom stereocenters. The Morgan fingerprint density at radius 2 is 2.04 bits per heavy atom. The molecule has 3 aromatic heterocycles. The molecule has 0 radical (unpaired) electrons. The highest BCUT2D eigenvalue weighted by Gasteiger charge is 2.16. The van der Waals surface area contributed by atoms with Crippen LogP contribution in [0.5, 0.6) is 0 Å². The van der Waals surface area contributed by atoms with E-state index in [-0.39, 0.29) is 0 Å². The summed E-state index contributed by atoms with van der Waals surface area (Å²) in [5.41, 5.74) is 5.90. The number of fused-ring (bicyclic) bond motifs is 3. The first-order valence-corrected chi connectivity index (χ1v) is 9.25. The van der Waals surface area contributed by atoms with Crippen molar-refractivity contribution in [3.63, 3.8) is 0 Å². The average Bonchev–Trinajstić information content (AvgIpc) is 3.09. The van der Waals surface area contributed by atoms with E-state index in [4.69, 9.17) is 0 Å². The first-order chi connectivity index (χ1) is 12.1. The number of hydrogen-bond donors (Lipinski definition) is 1. The third kappa shape index (κ3) is 2.72. The van der Waals surface area contributed by atoms with Crippen LogP contribution in [0.4, 0.5) is 0 Å². The molecule has 0 saturated carbocycles. The Hall–Kier alpha value is -2.28. The topological polar surface area (TPSA) is 72.3 Å². The lowest BCUT2D eigenvalue weighted by molar-refractivity contribution is 0.752. The maximum Gasteiger partial charge on any atom is 0.272 e. The van der Waals surface area contributed by atoms with E-state index in [1.54, 1.807) is 4.68 Å². The number of nitrogens with zero attached hydrogens (tertiary/aromatic N) is 5. The molecule has 1 N–H and O–H groups in total. The Bertz CT molecular complexity index is 1080. The Morgan fingerprint density at radius 1 is 1.20 bits per heavy atom. The molecule has 4 rings (SSSR count). The summed E-state index contributed by atoms with van der Waals surface area (Å²) in [7, 11) is 0. The van der Waals surface area contributed by atoms with Gasteiger partial charge in [-0.25, -0.2) is 4.68 Å². The quantitative estimate of drug-likeness (QED) is 0.552. The van der Waals surface area contributed by atoms with Gasteiger partial charge in [-0.15, -0.1) is 10.2 Å². The lowest BCUT2D eigenvalue weighted by Crippen LogP contribution is -2.06. The number of aromatic nitrogens is 6. The van der Waals surface area contributed by atoms with Gasteiger partial charge in [-0.05, 0) is 50.5 Å². The summed E-state index contributed by atoms with van der Waals surface area (Å²) in [4.78, 5) is 7.98. The second-order valence-corrected chi connectivity index (χ2v) is 7.20. The van der Waals surface area contributed by atoms with Crippen LogP contribution in [-0.2, 0) is 6.42 Å². The molecular weight excluding hydrogens is 380 g/mol. The molecule has 0 aliphatic carbocycles. The molecule has 7 heteroatoms. The van der Waals surface area contributed by atoms with E-state index < -0.39 is 0 Å². The fraction of sp³-hybridized carbons (Fsp3) is 0.333. The average molecular weight is 399 g/mol. The van der Waals surface area contributed by atoms with Crippen molar-refractivity contribution < 1.29 is 0 Å². The van der Waals surface area contributed by atoms with Gasteiger partial charge in [0.1, 0.15) is 5.52 Å². The Labute approximate surface area is 153 Å². The van der Waals surface area contributed by atoms with E-state index >= 15 is 0 Å². The van der Waals surface area contributed by atoms with Crippen LogP contribution >= 0.6 is 15.9 Å². The number of aromatic amines is 1. The molecule has 0 atom stereocenters. The highest BCUT2D eigenvalue weighted by atomic mass is 79.9. The highest BCUT2D eigenvalue weighted by molar-refractivity contribution is 9.10. The van der Waals surface area contributed by atoms with E-state index in [1.807, 2.05) is 25.1 Å². The predicted octanol–water partition coefficient (Wildman–Crippen LogP) is 4.41. The standard InChI is InChI=1S/C18H19BrN6/c1-4-5-6-13-10(2)24-25(11(13)3)18-21-17-16(22-23-18)14-9-12(19)7-8-15(14)20-17/h7-9H,4-6H2,1-3H3,(H,20,21,23). The van der Waals surface area contributed by atoms with Crippen molar-refractivity contribution >= 4 is 38.0 Å². The van der Waals surface area contributed by atoms with Gasteiger partial charge in [0.25, 0.3) is 5.95 Å². The summed E-state index contributed by atoms with van der Waals surface area (Å²) < 4.78 is 2.81. The zero-order valence-electron chi connectivity index (χ0n) is 14.5. The van der Waals surface area contributed by atoms with Gasteiger partial charge in [-0.3, -0.25) is 0 Å². The molecule has 25 heavy (non-hydrogen) atoms. The van der Waals surface area contributed by atoms with Gasteiger partial charge < -0.3 is 4.98 Å². The largest absolute Gasteiger partial charge is 0.338 e. The number of halogens is 1. The number of unbranched alkanes of at least 4 members (excludes halogenated alkanes) is 1. The van der Waals surface area contributed by atoms with Crippen molar-refractivity contribution in [2.75, 3.05) is 0 Å². The van der Waals surface area contributed by atoms with Crippen LogP contribution in [-0.4, -0.2) is 29.9 Å². The molecule has 0 amide bonds. The van der Waals surface area contributed by atoms with Crippen LogP contribution < -0.4 is 0 Å². The van der Waals surface area contributed by atoms with Crippen LogP contribution in [0.25, 0.3) is 28.0 Å². The molecule has 0 aliphatic rings. The molecule has 1 aromatic carbocycles. The lowest BCUT2D eigenvalue weighted by atomic mass is 10.1. The van der Waals surface area contributed by atoms with E-state index in [2.05, 4.69) is 55.0 Å². The van der Waals surface area contributed by atoms with Crippen LogP contribution in [0.3, 0.4) is 0 Å². The summed E-state index contributed by atoms with van der Waals surface area (Å²) in [6.45, 7) is 6.31. The van der Waals surface area contributed by atoms with Crippen molar-refractivity contribution in [2.24, 2.45) is 0 Å². The molecule has 6 nitrogen and oxygen atoms in total. The zero-order chi connectivity index (χ0) is 17.6. The van der Waals surface area contributed by atoms with Crippen LogP contribution in [0.15, 0.2) is 22.7 Å². The molecule has 3 heterocycles. The Morgan fingerprint density at radius 3 is 2.84 bits per heavy atom. The van der Waals surface area contributed by atoms with Crippen molar-refractivity contribution in [1.29, 1.82) is 0 Å². The van der Waals surface area contributed by atoms with Gasteiger partial charge in [-0.2, -0.15) is 10.1 Å². The summed E-state index contributed by atoms with van der Waals surface area (Å²) in [6, 6.07) is 6.03. The Balaban J connectivity index is 1.83. The molecule has 0 spiro atoms. The normalized spacial score (nSPS) is 11.7. The van der Waals surface area contributed by atoms with Gasteiger partial charge in [-0.1, -0.05) is 29.3 Å².